The number of amidine groups is 1. The van der Waals surface area contributed by atoms with Gasteiger partial charge in [0.2, 0.25) is 0 Å². The summed E-state index contributed by atoms with van der Waals surface area (Å²) in [6.07, 6.45) is 2.19. The average molecular weight is 498 g/mol. The summed E-state index contributed by atoms with van der Waals surface area (Å²) in [5.41, 5.74) is -3.46. The summed E-state index contributed by atoms with van der Waals surface area (Å²) in [7, 11) is -5.50. The van der Waals surface area contributed by atoms with Crippen LogP contribution in [0.3, 0.4) is 0 Å². The van der Waals surface area contributed by atoms with Gasteiger partial charge in [-0.1, -0.05) is 12.1 Å². The van der Waals surface area contributed by atoms with Gasteiger partial charge in [0.25, 0.3) is 5.91 Å². The molecule has 0 atom stereocenters. The van der Waals surface area contributed by atoms with Gasteiger partial charge in [-0.05, 0) is 72.6 Å². The molecule has 33 heavy (non-hydrogen) atoms. The first kappa shape index (κ1) is 23.2. The highest BCUT2D eigenvalue weighted by Gasteiger charge is 2.46. The Morgan fingerprint density at radius 2 is 1.94 bits per heavy atom. The number of carbonyl (C=O) groups is 1. The van der Waals surface area contributed by atoms with Crippen LogP contribution in [-0.2, 0) is 21.2 Å². The monoisotopic (exact) mass is 497 g/mol. The van der Waals surface area contributed by atoms with E-state index < -0.39 is 15.5 Å². The lowest BCUT2D eigenvalue weighted by Crippen LogP contribution is -2.29. The van der Waals surface area contributed by atoms with Gasteiger partial charge in [0.15, 0.2) is 5.17 Å². The molecule has 0 aliphatic carbocycles. The average Bonchev–Trinajstić information content (AvgIpc) is 3.31. The predicted octanol–water partition coefficient (Wildman–Crippen LogP) is 4.38. The number of rotatable bonds is 5. The van der Waals surface area contributed by atoms with Gasteiger partial charge in [-0.3, -0.25) is 9.52 Å². The number of aliphatic imine (C=N–C) groups is 1. The van der Waals surface area contributed by atoms with Gasteiger partial charge in [-0.25, -0.2) is 0 Å². The van der Waals surface area contributed by atoms with E-state index >= 15 is 0 Å². The number of hydrogen-bond acceptors (Lipinski definition) is 6. The molecule has 2 aromatic rings. The molecule has 2 aliphatic rings. The van der Waals surface area contributed by atoms with Gasteiger partial charge in [0.05, 0.1) is 11.5 Å². The molecule has 2 aliphatic heterocycles. The topological polar surface area (TPSA) is 88.1 Å². The Hall–Kier alpha value is -2.99. The summed E-state index contributed by atoms with van der Waals surface area (Å²) in [6, 6.07) is 11.4. The Morgan fingerprint density at radius 1 is 1.21 bits per heavy atom. The Morgan fingerprint density at radius 3 is 2.61 bits per heavy atom. The number of carbonyl (C=O) groups excluding carboxylic acids is 1. The van der Waals surface area contributed by atoms with E-state index in [9.17, 15) is 26.4 Å². The third-order valence-corrected chi connectivity index (χ3v) is 6.98. The summed E-state index contributed by atoms with van der Waals surface area (Å²) < 4.78 is 67.5. The molecule has 0 spiro atoms. The molecule has 2 aromatic carbocycles. The van der Waals surface area contributed by atoms with Crippen LogP contribution in [0.1, 0.15) is 18.1 Å². The predicted molar refractivity (Wildman–Crippen MR) is 122 cm³/mol. The van der Waals surface area contributed by atoms with Gasteiger partial charge in [-0.15, -0.1) is 0 Å². The van der Waals surface area contributed by atoms with Gasteiger partial charge in [0, 0.05) is 17.9 Å². The van der Waals surface area contributed by atoms with E-state index in [-0.39, 0.29) is 11.6 Å². The van der Waals surface area contributed by atoms with E-state index in [0.29, 0.717) is 40.9 Å². The minimum Gasteiger partial charge on any atom is -0.494 e. The first-order chi connectivity index (χ1) is 15.6. The summed E-state index contributed by atoms with van der Waals surface area (Å²) in [4.78, 5) is 18.8. The third kappa shape index (κ3) is 4.86. The number of amides is 1. The normalized spacial score (nSPS) is 17.3. The summed E-state index contributed by atoms with van der Waals surface area (Å²) in [5, 5.41) is 0.458. The van der Waals surface area contributed by atoms with Crippen molar-refractivity contribution in [3.05, 3.63) is 58.5 Å². The van der Waals surface area contributed by atoms with Crippen LogP contribution in [0, 0.1) is 0 Å². The first-order valence-electron chi connectivity index (χ1n) is 9.82. The largest absolute Gasteiger partial charge is 0.516 e. The van der Waals surface area contributed by atoms with E-state index in [1.165, 1.54) is 30.0 Å². The molecule has 0 radical (unpaired) electrons. The van der Waals surface area contributed by atoms with Crippen LogP contribution in [-0.4, -0.2) is 38.2 Å². The molecule has 0 unspecified atom stereocenters. The van der Waals surface area contributed by atoms with Crippen molar-refractivity contribution in [1.29, 1.82) is 0 Å². The molecule has 2 heterocycles. The van der Waals surface area contributed by atoms with Crippen molar-refractivity contribution in [2.24, 2.45) is 4.99 Å². The van der Waals surface area contributed by atoms with Crippen molar-refractivity contribution < 1.29 is 31.1 Å². The van der Waals surface area contributed by atoms with E-state index in [1.807, 2.05) is 31.2 Å². The van der Waals surface area contributed by atoms with Crippen LogP contribution in [0.5, 0.6) is 5.75 Å². The zero-order valence-electron chi connectivity index (χ0n) is 17.2. The lowest BCUT2D eigenvalue weighted by Gasteiger charge is -2.18. The SMILES string of the molecule is CCOc1ccc(/C=C2/SC(N3CCc4cc(NS(=O)(=O)C(F)(F)F)ccc43)=NC2=O)cc1. The number of thioether (sulfide) groups is 1. The maximum absolute atomic E-state index is 12.6. The second kappa shape index (κ2) is 8.75. The first-order valence-corrected chi connectivity index (χ1v) is 12.1. The highest BCUT2D eigenvalue weighted by Crippen LogP contribution is 2.38. The number of alkyl halides is 3. The zero-order valence-corrected chi connectivity index (χ0v) is 18.9. The van der Waals surface area contributed by atoms with Crippen LogP contribution in [0.15, 0.2) is 52.4 Å². The number of fused-ring (bicyclic) bond motifs is 1. The van der Waals surface area contributed by atoms with Crippen molar-refractivity contribution in [1.82, 2.24) is 0 Å². The summed E-state index contributed by atoms with van der Waals surface area (Å²) >= 11 is 1.20. The minimum atomic E-state index is -5.50. The Kier molecular flexibility index (Phi) is 6.14. The van der Waals surface area contributed by atoms with E-state index in [2.05, 4.69) is 4.99 Å². The number of hydrogen-bond donors (Lipinski definition) is 1. The van der Waals surface area contributed by atoms with E-state index in [1.54, 1.807) is 15.7 Å². The number of nitrogens with zero attached hydrogens (tertiary/aromatic N) is 2. The fraction of sp³-hybridized carbons (Fsp3) is 0.238. The Labute approximate surface area is 192 Å². The Balaban J connectivity index is 1.50. The molecule has 12 heteroatoms. The van der Waals surface area contributed by atoms with Crippen LogP contribution >= 0.6 is 11.8 Å². The number of sulfonamides is 1. The van der Waals surface area contributed by atoms with Crippen molar-refractivity contribution in [3.8, 4) is 5.75 Å². The third-order valence-electron chi connectivity index (χ3n) is 4.86. The van der Waals surface area contributed by atoms with Crippen LogP contribution in [0.2, 0.25) is 0 Å². The molecule has 0 bridgehead atoms. The number of nitrogens with one attached hydrogen (secondary N) is 1. The van der Waals surface area contributed by atoms with Crippen molar-refractivity contribution >= 4 is 50.3 Å². The van der Waals surface area contributed by atoms with E-state index in [0.717, 1.165) is 11.3 Å². The highest BCUT2D eigenvalue weighted by atomic mass is 32.2. The molecule has 0 fully saturated rings. The van der Waals surface area contributed by atoms with E-state index in [4.69, 9.17) is 4.74 Å². The van der Waals surface area contributed by atoms with Gasteiger partial charge >= 0.3 is 15.5 Å². The highest BCUT2D eigenvalue weighted by molar-refractivity contribution is 8.18. The fourth-order valence-corrected chi connectivity index (χ4v) is 4.87. The van der Waals surface area contributed by atoms with Crippen LogP contribution in [0.4, 0.5) is 24.5 Å². The molecule has 1 N–H and O–H groups in total. The molecule has 0 saturated heterocycles. The quantitative estimate of drug-likeness (QED) is 0.617. The molecule has 7 nitrogen and oxygen atoms in total. The number of anilines is 2. The van der Waals surface area contributed by atoms with Crippen LogP contribution in [0.25, 0.3) is 6.08 Å². The molecular formula is C21H18F3N3O4S2. The molecule has 174 valence electrons. The summed E-state index contributed by atoms with van der Waals surface area (Å²) in [5.74, 6) is 0.347. The molecule has 0 aromatic heterocycles. The standard InChI is InChI=1S/C21H18F3N3O4S2/c1-2-31-16-6-3-13(4-7-16)11-18-19(28)25-20(32-18)27-10-9-14-12-15(5-8-17(14)27)26-33(29,30)21(22,23)24/h3-8,11-12,26H,2,9-10H2,1H3/b18-11+. The smallest absolute Gasteiger partial charge is 0.494 e. The van der Waals surface area contributed by atoms with Gasteiger partial charge in [0.1, 0.15) is 5.75 Å². The lowest BCUT2D eigenvalue weighted by molar-refractivity contribution is -0.113. The van der Waals surface area contributed by atoms with Gasteiger partial charge in [-0.2, -0.15) is 26.6 Å². The van der Waals surface area contributed by atoms with Crippen molar-refractivity contribution in [2.45, 2.75) is 18.9 Å². The van der Waals surface area contributed by atoms with Crippen LogP contribution < -0.4 is 14.4 Å². The molecular weight excluding hydrogens is 479 g/mol. The second-order valence-corrected chi connectivity index (χ2v) is 9.79. The van der Waals surface area contributed by atoms with Crippen molar-refractivity contribution in [3.63, 3.8) is 0 Å². The minimum absolute atomic E-state index is 0.180. The zero-order chi connectivity index (χ0) is 23.8. The number of benzene rings is 2. The maximum atomic E-state index is 12.6. The second-order valence-electron chi connectivity index (χ2n) is 7.11. The molecule has 4 rings (SSSR count). The maximum Gasteiger partial charge on any atom is 0.516 e. The fourth-order valence-electron chi connectivity index (χ4n) is 3.37. The number of halogens is 3. The number of ether oxygens (including phenoxy) is 1. The molecule has 0 saturated carbocycles. The van der Waals surface area contributed by atoms with Gasteiger partial charge < -0.3 is 9.64 Å². The van der Waals surface area contributed by atoms with Crippen molar-refractivity contribution in [2.75, 3.05) is 22.8 Å². The molecule has 1 amide bonds. The Bertz CT molecular complexity index is 1260. The lowest BCUT2D eigenvalue weighted by atomic mass is 10.1. The summed E-state index contributed by atoms with van der Waals surface area (Å²) in [6.45, 7) is 2.90.